The molecule has 0 radical (unpaired) electrons. The fourth-order valence-electron chi connectivity index (χ4n) is 3.01. The number of hydrogen-bond acceptors (Lipinski definition) is 4. The van der Waals surface area contributed by atoms with Gasteiger partial charge in [-0.1, -0.05) is 12.1 Å². The van der Waals surface area contributed by atoms with Gasteiger partial charge in [-0.05, 0) is 25.0 Å². The van der Waals surface area contributed by atoms with Gasteiger partial charge in [0.1, 0.15) is 5.75 Å². The lowest BCUT2D eigenvalue weighted by Crippen LogP contribution is -2.46. The Morgan fingerprint density at radius 2 is 2.14 bits per heavy atom. The van der Waals surface area contributed by atoms with Gasteiger partial charge in [0.15, 0.2) is 6.10 Å². The van der Waals surface area contributed by atoms with Crippen LogP contribution in [0.3, 0.4) is 0 Å². The number of rotatable bonds is 3. The molecule has 2 fully saturated rings. The van der Waals surface area contributed by atoms with E-state index in [0.717, 1.165) is 23.5 Å². The Labute approximate surface area is 133 Å². The highest BCUT2D eigenvalue weighted by atomic mass is 32.2. The number of benzene rings is 1. The predicted octanol–water partition coefficient (Wildman–Crippen LogP) is 1.42. The van der Waals surface area contributed by atoms with Gasteiger partial charge in [0, 0.05) is 29.7 Å². The summed E-state index contributed by atoms with van der Waals surface area (Å²) in [6.45, 7) is 0.645. The molecule has 1 aromatic rings. The number of likely N-dealkylation sites (tertiary alicyclic amines) is 1. The van der Waals surface area contributed by atoms with E-state index in [-0.39, 0.29) is 17.9 Å². The van der Waals surface area contributed by atoms with Gasteiger partial charge >= 0.3 is 0 Å². The van der Waals surface area contributed by atoms with Crippen LogP contribution in [-0.2, 0) is 9.59 Å². The van der Waals surface area contributed by atoms with Crippen LogP contribution in [0.25, 0.3) is 0 Å². The maximum atomic E-state index is 12.4. The molecule has 4 rings (SSSR count). The minimum Gasteiger partial charge on any atom is -0.479 e. The van der Waals surface area contributed by atoms with E-state index in [1.165, 1.54) is 0 Å². The summed E-state index contributed by atoms with van der Waals surface area (Å²) in [5, 5.41) is 2.98. The lowest BCUT2D eigenvalue weighted by Gasteiger charge is -2.26. The standard InChI is InChI=1S/C16H18N2O3S/c19-15-7-10(8-18(15)11-5-6-11)17-16(20)13-9-22-14-4-2-1-3-12(14)21-13/h1-4,10-11,13H,5-9H2,(H,17,20)/t10-,13-/m1/s1. The highest BCUT2D eigenvalue weighted by Gasteiger charge is 2.40. The number of amides is 2. The molecule has 5 nitrogen and oxygen atoms in total. The largest absolute Gasteiger partial charge is 0.479 e. The Morgan fingerprint density at radius 3 is 2.95 bits per heavy atom. The third kappa shape index (κ3) is 2.67. The maximum absolute atomic E-state index is 12.4. The molecule has 1 saturated heterocycles. The van der Waals surface area contributed by atoms with Crippen molar-refractivity contribution in [2.24, 2.45) is 0 Å². The lowest BCUT2D eigenvalue weighted by molar-refractivity contribution is -0.128. The zero-order valence-electron chi connectivity index (χ0n) is 12.2. The van der Waals surface area contributed by atoms with Crippen LogP contribution in [0, 0.1) is 0 Å². The van der Waals surface area contributed by atoms with E-state index in [0.29, 0.717) is 24.8 Å². The van der Waals surface area contributed by atoms with Crippen molar-refractivity contribution in [1.82, 2.24) is 10.2 Å². The number of para-hydroxylation sites is 1. The van der Waals surface area contributed by atoms with Crippen molar-refractivity contribution < 1.29 is 14.3 Å². The molecule has 0 aromatic heterocycles. The molecule has 1 aliphatic carbocycles. The van der Waals surface area contributed by atoms with Gasteiger partial charge < -0.3 is 15.0 Å². The SMILES string of the molecule is O=C(N[C@@H]1CC(=O)N(C2CC2)C1)[C@H]1CSc2ccccc2O1. The summed E-state index contributed by atoms with van der Waals surface area (Å²) in [5.41, 5.74) is 0. The zero-order chi connectivity index (χ0) is 15.1. The number of hydrogen-bond donors (Lipinski definition) is 1. The van der Waals surface area contributed by atoms with Crippen molar-refractivity contribution in [3.63, 3.8) is 0 Å². The van der Waals surface area contributed by atoms with Crippen LogP contribution in [-0.4, -0.2) is 47.2 Å². The summed E-state index contributed by atoms with van der Waals surface area (Å²) in [6, 6.07) is 8.09. The molecule has 1 N–H and O–H groups in total. The molecule has 1 aromatic carbocycles. The Balaban J connectivity index is 1.36. The number of thioether (sulfide) groups is 1. The fraction of sp³-hybridized carbons (Fsp3) is 0.500. The van der Waals surface area contributed by atoms with Crippen molar-refractivity contribution in [3.8, 4) is 5.75 Å². The van der Waals surface area contributed by atoms with Crippen LogP contribution >= 0.6 is 11.8 Å². The van der Waals surface area contributed by atoms with Crippen LogP contribution < -0.4 is 10.1 Å². The van der Waals surface area contributed by atoms with Gasteiger partial charge in [0.25, 0.3) is 5.91 Å². The number of ether oxygens (including phenoxy) is 1. The molecule has 2 atom stereocenters. The first-order chi connectivity index (χ1) is 10.7. The molecule has 2 heterocycles. The van der Waals surface area contributed by atoms with E-state index in [4.69, 9.17) is 4.74 Å². The van der Waals surface area contributed by atoms with E-state index < -0.39 is 6.10 Å². The third-order valence-corrected chi connectivity index (χ3v) is 5.41. The number of nitrogens with one attached hydrogen (secondary N) is 1. The molecule has 0 unspecified atom stereocenters. The van der Waals surface area contributed by atoms with Crippen LogP contribution in [0.2, 0.25) is 0 Å². The quantitative estimate of drug-likeness (QED) is 0.916. The van der Waals surface area contributed by atoms with E-state index in [9.17, 15) is 9.59 Å². The summed E-state index contributed by atoms with van der Waals surface area (Å²) in [6.07, 6.45) is 2.14. The van der Waals surface area contributed by atoms with Crippen molar-refractivity contribution in [2.45, 2.75) is 42.3 Å². The molecule has 116 valence electrons. The first kappa shape index (κ1) is 13.9. The summed E-state index contributed by atoms with van der Waals surface area (Å²) >= 11 is 1.64. The molecule has 2 amide bonds. The van der Waals surface area contributed by atoms with Gasteiger partial charge in [-0.25, -0.2) is 0 Å². The van der Waals surface area contributed by atoms with Crippen LogP contribution in [0.1, 0.15) is 19.3 Å². The van der Waals surface area contributed by atoms with Crippen molar-refractivity contribution >= 4 is 23.6 Å². The molecule has 3 aliphatic rings. The lowest BCUT2D eigenvalue weighted by atomic mass is 10.2. The molecular weight excluding hydrogens is 300 g/mol. The average molecular weight is 318 g/mol. The number of carbonyl (C=O) groups excluding carboxylic acids is 2. The second-order valence-corrected chi connectivity index (χ2v) is 7.11. The first-order valence-electron chi connectivity index (χ1n) is 7.69. The molecule has 2 aliphatic heterocycles. The van der Waals surface area contributed by atoms with Crippen LogP contribution in [0.15, 0.2) is 29.2 Å². The molecule has 22 heavy (non-hydrogen) atoms. The first-order valence-corrected chi connectivity index (χ1v) is 8.67. The highest BCUT2D eigenvalue weighted by Crippen LogP contribution is 2.35. The van der Waals surface area contributed by atoms with Crippen molar-refractivity contribution in [3.05, 3.63) is 24.3 Å². The Hall–Kier alpha value is -1.69. The van der Waals surface area contributed by atoms with Gasteiger partial charge in [-0.15, -0.1) is 11.8 Å². The Kier molecular flexibility index (Phi) is 3.48. The second kappa shape index (κ2) is 5.50. The predicted molar refractivity (Wildman–Crippen MR) is 82.9 cm³/mol. The summed E-state index contributed by atoms with van der Waals surface area (Å²) in [5.74, 6) is 1.42. The second-order valence-electron chi connectivity index (χ2n) is 6.05. The minimum atomic E-state index is -0.482. The van der Waals surface area contributed by atoms with Gasteiger partial charge in [0.2, 0.25) is 5.91 Å². The molecular formula is C16H18N2O3S. The van der Waals surface area contributed by atoms with Crippen LogP contribution in [0.4, 0.5) is 0 Å². The normalized spacial score (nSPS) is 27.3. The number of nitrogens with zero attached hydrogens (tertiary/aromatic N) is 1. The minimum absolute atomic E-state index is 0.0774. The van der Waals surface area contributed by atoms with Gasteiger partial charge in [0.05, 0.1) is 6.04 Å². The maximum Gasteiger partial charge on any atom is 0.262 e. The number of fused-ring (bicyclic) bond motifs is 1. The average Bonchev–Trinajstić information content (AvgIpc) is 3.31. The molecule has 0 bridgehead atoms. The van der Waals surface area contributed by atoms with E-state index in [2.05, 4.69) is 5.32 Å². The monoisotopic (exact) mass is 318 g/mol. The summed E-state index contributed by atoms with van der Waals surface area (Å²) in [7, 11) is 0. The van der Waals surface area contributed by atoms with Gasteiger partial charge in [-0.2, -0.15) is 0 Å². The highest BCUT2D eigenvalue weighted by molar-refractivity contribution is 7.99. The topological polar surface area (TPSA) is 58.6 Å². The Morgan fingerprint density at radius 1 is 1.32 bits per heavy atom. The number of carbonyl (C=O) groups is 2. The summed E-state index contributed by atoms with van der Waals surface area (Å²) in [4.78, 5) is 27.3. The van der Waals surface area contributed by atoms with Crippen molar-refractivity contribution in [1.29, 1.82) is 0 Å². The van der Waals surface area contributed by atoms with Crippen molar-refractivity contribution in [2.75, 3.05) is 12.3 Å². The molecule has 1 saturated carbocycles. The smallest absolute Gasteiger partial charge is 0.262 e. The summed E-state index contributed by atoms with van der Waals surface area (Å²) < 4.78 is 5.79. The van der Waals surface area contributed by atoms with Crippen LogP contribution in [0.5, 0.6) is 5.75 Å². The van der Waals surface area contributed by atoms with E-state index >= 15 is 0 Å². The third-order valence-electron chi connectivity index (χ3n) is 4.29. The molecule has 6 heteroatoms. The van der Waals surface area contributed by atoms with E-state index in [1.807, 2.05) is 29.2 Å². The Bertz CT molecular complexity index is 617. The van der Waals surface area contributed by atoms with Gasteiger partial charge in [-0.3, -0.25) is 9.59 Å². The van der Waals surface area contributed by atoms with E-state index in [1.54, 1.807) is 11.8 Å². The molecule has 0 spiro atoms. The zero-order valence-corrected chi connectivity index (χ0v) is 13.0. The fourth-order valence-corrected chi connectivity index (χ4v) is 3.99.